The van der Waals surface area contributed by atoms with Crippen molar-refractivity contribution in [3.05, 3.63) is 98.0 Å². The van der Waals surface area contributed by atoms with Gasteiger partial charge in [-0.3, -0.25) is 10.1 Å². The molecule has 0 bridgehead atoms. The quantitative estimate of drug-likeness (QED) is 0.270. The second-order valence-electron chi connectivity index (χ2n) is 5.97. The Morgan fingerprint density at radius 3 is 2.46 bits per heavy atom. The van der Waals surface area contributed by atoms with Gasteiger partial charge in [-0.15, -0.1) is 11.3 Å². The summed E-state index contributed by atoms with van der Waals surface area (Å²) >= 11 is 1.63. The summed E-state index contributed by atoms with van der Waals surface area (Å²) in [6, 6.07) is 16.8. The first-order valence-corrected chi connectivity index (χ1v) is 9.51. The van der Waals surface area contributed by atoms with Gasteiger partial charge >= 0.3 is 0 Å². The van der Waals surface area contributed by atoms with Gasteiger partial charge in [0.2, 0.25) is 0 Å². The van der Waals surface area contributed by atoms with Crippen LogP contribution in [0.5, 0.6) is 0 Å². The summed E-state index contributed by atoms with van der Waals surface area (Å²) in [5.74, 6) is 0.262. The molecule has 0 aliphatic rings. The van der Waals surface area contributed by atoms with Crippen LogP contribution >= 0.6 is 11.3 Å². The van der Waals surface area contributed by atoms with Gasteiger partial charge in [-0.25, -0.2) is 9.38 Å². The van der Waals surface area contributed by atoms with Gasteiger partial charge in [0.1, 0.15) is 5.82 Å². The Balaban J connectivity index is 1.67. The summed E-state index contributed by atoms with van der Waals surface area (Å²) in [5.41, 5.74) is 1.43. The van der Waals surface area contributed by atoms with Crippen LogP contribution < -0.4 is 10.6 Å². The van der Waals surface area contributed by atoms with Gasteiger partial charge in [-0.05, 0) is 23.1 Å². The van der Waals surface area contributed by atoms with E-state index >= 15 is 0 Å². The molecule has 0 atom stereocenters. The highest BCUT2D eigenvalue weighted by Gasteiger charge is 2.06. The van der Waals surface area contributed by atoms with Crippen molar-refractivity contribution < 1.29 is 9.31 Å². The molecule has 6 nitrogen and oxygen atoms in total. The third-order valence-corrected chi connectivity index (χ3v) is 4.86. The molecule has 0 amide bonds. The summed E-state index contributed by atoms with van der Waals surface area (Å²) in [6.45, 7) is 1.24. The summed E-state index contributed by atoms with van der Waals surface area (Å²) in [4.78, 5) is 16.0. The van der Waals surface area contributed by atoms with Crippen LogP contribution in [0.3, 0.4) is 0 Å². The second-order valence-corrected chi connectivity index (χ2v) is 7.00. The molecule has 28 heavy (non-hydrogen) atoms. The summed E-state index contributed by atoms with van der Waals surface area (Å²) in [5, 5.41) is 19.1. The second kappa shape index (κ2) is 9.61. The predicted molar refractivity (Wildman–Crippen MR) is 109 cm³/mol. The molecule has 0 aliphatic carbocycles. The van der Waals surface area contributed by atoms with E-state index in [2.05, 4.69) is 15.6 Å². The van der Waals surface area contributed by atoms with Crippen molar-refractivity contribution in [3.8, 4) is 0 Å². The van der Waals surface area contributed by atoms with Gasteiger partial charge in [0, 0.05) is 29.1 Å². The molecule has 0 spiro atoms. The predicted octanol–water partition coefficient (Wildman–Crippen LogP) is 4.23. The normalized spacial score (nSPS) is 11.2. The van der Waals surface area contributed by atoms with Gasteiger partial charge in [0.05, 0.1) is 18.0 Å². The lowest BCUT2D eigenvalue weighted by Gasteiger charge is -2.13. The number of non-ortho nitro benzene ring substituents is 1. The first kappa shape index (κ1) is 19.5. The van der Waals surface area contributed by atoms with Crippen LogP contribution in [-0.2, 0) is 19.6 Å². The van der Waals surface area contributed by atoms with Crippen molar-refractivity contribution in [3.63, 3.8) is 0 Å². The number of aliphatic imine (C=N–C) groups is 1. The van der Waals surface area contributed by atoms with Crippen molar-refractivity contribution in [1.29, 1.82) is 0 Å². The fraction of sp³-hybridized carbons (Fsp3) is 0.150. The van der Waals surface area contributed by atoms with Crippen LogP contribution in [0.25, 0.3) is 0 Å². The molecule has 1 aromatic heterocycles. The first-order chi connectivity index (χ1) is 13.6. The van der Waals surface area contributed by atoms with Crippen LogP contribution in [0, 0.1) is 15.9 Å². The van der Waals surface area contributed by atoms with Crippen molar-refractivity contribution in [1.82, 2.24) is 10.6 Å². The van der Waals surface area contributed by atoms with E-state index in [0.717, 1.165) is 10.4 Å². The molecule has 0 aliphatic heterocycles. The fourth-order valence-electron chi connectivity index (χ4n) is 2.47. The summed E-state index contributed by atoms with van der Waals surface area (Å²) in [6.07, 6.45) is 0. The molecule has 8 heteroatoms. The van der Waals surface area contributed by atoms with E-state index in [9.17, 15) is 14.5 Å². The maximum Gasteiger partial charge on any atom is 0.269 e. The molecule has 2 N–H and O–H groups in total. The molecule has 3 rings (SSSR count). The SMILES string of the molecule is O=[N+]([O-])c1ccc(CN=C(NCc2cccs2)NCc2ccccc2F)cc1. The van der Waals surface area contributed by atoms with Crippen LogP contribution in [0.15, 0.2) is 71.0 Å². The van der Waals surface area contributed by atoms with Crippen LogP contribution in [0.4, 0.5) is 10.1 Å². The van der Waals surface area contributed by atoms with Gasteiger partial charge < -0.3 is 10.6 Å². The third kappa shape index (κ3) is 5.62. The number of nitrogens with zero attached hydrogens (tertiary/aromatic N) is 2. The first-order valence-electron chi connectivity index (χ1n) is 8.63. The highest BCUT2D eigenvalue weighted by atomic mass is 32.1. The Morgan fingerprint density at radius 2 is 1.79 bits per heavy atom. The van der Waals surface area contributed by atoms with E-state index in [0.29, 0.717) is 31.2 Å². The van der Waals surface area contributed by atoms with Gasteiger partial charge in [0.15, 0.2) is 5.96 Å². The number of nitrogens with one attached hydrogen (secondary N) is 2. The number of rotatable bonds is 7. The van der Waals surface area contributed by atoms with Gasteiger partial charge in [-0.1, -0.05) is 36.4 Å². The molecule has 0 unspecified atom stereocenters. The monoisotopic (exact) mass is 398 g/mol. The van der Waals surface area contributed by atoms with Crippen molar-refractivity contribution >= 4 is 23.0 Å². The molecule has 3 aromatic rings. The number of nitro benzene ring substituents is 1. The Hall–Kier alpha value is -3.26. The van der Waals surface area contributed by atoms with E-state index in [4.69, 9.17) is 0 Å². The maximum atomic E-state index is 13.8. The number of guanidine groups is 1. The Bertz CT molecular complexity index is 943. The lowest BCUT2D eigenvalue weighted by molar-refractivity contribution is -0.384. The number of benzene rings is 2. The molecular formula is C20H19FN4O2S. The summed E-state index contributed by atoms with van der Waals surface area (Å²) in [7, 11) is 0. The van der Waals surface area contributed by atoms with E-state index in [1.54, 1.807) is 41.7 Å². The zero-order valence-corrected chi connectivity index (χ0v) is 15.8. The zero-order chi connectivity index (χ0) is 19.8. The average molecular weight is 398 g/mol. The highest BCUT2D eigenvalue weighted by Crippen LogP contribution is 2.13. The van der Waals surface area contributed by atoms with E-state index < -0.39 is 4.92 Å². The topological polar surface area (TPSA) is 79.6 Å². The van der Waals surface area contributed by atoms with E-state index in [-0.39, 0.29) is 11.5 Å². The standard InChI is InChI=1S/C20H19FN4O2S/c21-19-6-2-1-4-16(19)13-23-20(24-14-18-5-3-11-28-18)22-12-15-7-9-17(10-8-15)25(26)27/h1-11H,12-14H2,(H2,22,23,24). The Kier molecular flexibility index (Phi) is 6.69. The zero-order valence-electron chi connectivity index (χ0n) is 15.0. The van der Waals surface area contributed by atoms with Crippen LogP contribution in [0.1, 0.15) is 16.0 Å². The smallest absolute Gasteiger partial charge is 0.269 e. The van der Waals surface area contributed by atoms with E-state index in [1.165, 1.54) is 18.2 Å². The lowest BCUT2D eigenvalue weighted by Crippen LogP contribution is -2.36. The average Bonchev–Trinajstić information content (AvgIpc) is 3.22. The number of hydrogen-bond acceptors (Lipinski definition) is 4. The molecule has 0 fully saturated rings. The molecule has 0 radical (unpaired) electrons. The number of hydrogen-bond donors (Lipinski definition) is 2. The molecule has 2 aromatic carbocycles. The molecular weight excluding hydrogens is 379 g/mol. The van der Waals surface area contributed by atoms with Crippen molar-refractivity contribution in [2.24, 2.45) is 4.99 Å². The lowest BCUT2D eigenvalue weighted by atomic mass is 10.2. The third-order valence-electron chi connectivity index (χ3n) is 3.98. The fourth-order valence-corrected chi connectivity index (χ4v) is 3.12. The van der Waals surface area contributed by atoms with Crippen molar-refractivity contribution in [2.75, 3.05) is 0 Å². The highest BCUT2D eigenvalue weighted by molar-refractivity contribution is 7.09. The molecule has 0 saturated heterocycles. The van der Waals surface area contributed by atoms with Crippen LogP contribution in [-0.4, -0.2) is 10.9 Å². The number of nitro groups is 1. The molecule has 1 heterocycles. The molecule has 144 valence electrons. The van der Waals surface area contributed by atoms with E-state index in [1.807, 2.05) is 17.5 Å². The minimum absolute atomic E-state index is 0.0430. The van der Waals surface area contributed by atoms with Crippen LogP contribution in [0.2, 0.25) is 0 Å². The van der Waals surface area contributed by atoms with Crippen molar-refractivity contribution in [2.45, 2.75) is 19.6 Å². The van der Waals surface area contributed by atoms with Gasteiger partial charge in [-0.2, -0.15) is 0 Å². The number of halogens is 1. The Labute approximate surface area is 165 Å². The Morgan fingerprint density at radius 1 is 1.04 bits per heavy atom. The largest absolute Gasteiger partial charge is 0.352 e. The number of thiophene rings is 1. The maximum absolute atomic E-state index is 13.8. The minimum Gasteiger partial charge on any atom is -0.352 e. The minimum atomic E-state index is -0.434. The van der Waals surface area contributed by atoms with Gasteiger partial charge in [0.25, 0.3) is 5.69 Å². The molecule has 0 saturated carbocycles. The summed E-state index contributed by atoms with van der Waals surface area (Å²) < 4.78 is 13.8.